The first-order chi connectivity index (χ1) is 11.8. The molecule has 2 aromatic rings. The number of amides is 1. The Balaban J connectivity index is 1.61. The first kappa shape index (κ1) is 16.3. The summed E-state index contributed by atoms with van der Waals surface area (Å²) < 4.78 is 5.65. The van der Waals surface area contributed by atoms with Crippen LogP contribution in [0.1, 0.15) is 12.5 Å². The van der Waals surface area contributed by atoms with Crippen molar-refractivity contribution in [2.45, 2.75) is 13.3 Å². The Morgan fingerprint density at radius 3 is 2.83 bits per heavy atom. The van der Waals surface area contributed by atoms with Gasteiger partial charge in [-0.05, 0) is 43.2 Å². The minimum atomic E-state index is 0.156. The fraction of sp³-hybridized carbons (Fsp3) is 0.368. The predicted octanol–water partition coefficient (Wildman–Crippen LogP) is 2.37. The third-order valence-electron chi connectivity index (χ3n) is 4.31. The fourth-order valence-corrected chi connectivity index (χ4v) is 2.93. The second-order valence-corrected chi connectivity index (χ2v) is 5.82. The standard InChI is InChI=1S/C19H23N3O2/c1-2-21(12-9-16-7-10-20-11-8-16)19(23)15-22-13-14-24-18-6-4-3-5-17(18)22/h3-8,10-11H,2,9,12-15H2,1H3. The van der Waals surface area contributed by atoms with Gasteiger partial charge in [-0.2, -0.15) is 0 Å². The maximum atomic E-state index is 12.7. The number of anilines is 1. The average Bonchev–Trinajstić information content (AvgIpc) is 2.63. The maximum Gasteiger partial charge on any atom is 0.242 e. The quantitative estimate of drug-likeness (QED) is 0.818. The highest BCUT2D eigenvalue weighted by Crippen LogP contribution is 2.30. The van der Waals surface area contributed by atoms with Gasteiger partial charge in [0.05, 0.1) is 18.8 Å². The van der Waals surface area contributed by atoms with E-state index in [1.807, 2.05) is 48.2 Å². The van der Waals surface area contributed by atoms with E-state index in [2.05, 4.69) is 9.88 Å². The molecule has 1 amide bonds. The first-order valence-electron chi connectivity index (χ1n) is 8.41. The van der Waals surface area contributed by atoms with Gasteiger partial charge in [-0.1, -0.05) is 12.1 Å². The van der Waals surface area contributed by atoms with Gasteiger partial charge >= 0.3 is 0 Å². The van der Waals surface area contributed by atoms with Crippen LogP contribution in [0.4, 0.5) is 5.69 Å². The van der Waals surface area contributed by atoms with Crippen LogP contribution in [0, 0.1) is 0 Å². The van der Waals surface area contributed by atoms with E-state index in [0.29, 0.717) is 13.2 Å². The molecule has 0 unspecified atom stereocenters. The molecule has 0 fully saturated rings. The van der Waals surface area contributed by atoms with Gasteiger partial charge in [-0.3, -0.25) is 9.78 Å². The number of aromatic nitrogens is 1. The summed E-state index contributed by atoms with van der Waals surface area (Å²) in [5.74, 6) is 1.01. The van der Waals surface area contributed by atoms with Crippen LogP contribution in [-0.4, -0.2) is 48.6 Å². The van der Waals surface area contributed by atoms with Crippen molar-refractivity contribution in [3.63, 3.8) is 0 Å². The topological polar surface area (TPSA) is 45.7 Å². The molecule has 0 aliphatic carbocycles. The van der Waals surface area contributed by atoms with Crippen molar-refractivity contribution >= 4 is 11.6 Å². The SMILES string of the molecule is CCN(CCc1ccncc1)C(=O)CN1CCOc2ccccc21. The number of carbonyl (C=O) groups is 1. The average molecular weight is 325 g/mol. The zero-order valence-corrected chi connectivity index (χ0v) is 14.0. The lowest BCUT2D eigenvalue weighted by Gasteiger charge is -2.32. The Bertz CT molecular complexity index is 675. The van der Waals surface area contributed by atoms with Crippen LogP contribution in [-0.2, 0) is 11.2 Å². The van der Waals surface area contributed by atoms with Gasteiger partial charge in [-0.25, -0.2) is 0 Å². The van der Waals surface area contributed by atoms with E-state index in [1.165, 1.54) is 5.56 Å². The summed E-state index contributed by atoms with van der Waals surface area (Å²) in [6.07, 6.45) is 4.43. The van der Waals surface area contributed by atoms with E-state index < -0.39 is 0 Å². The van der Waals surface area contributed by atoms with Crippen LogP contribution >= 0.6 is 0 Å². The van der Waals surface area contributed by atoms with Crippen molar-refractivity contribution in [2.24, 2.45) is 0 Å². The number of likely N-dealkylation sites (N-methyl/N-ethyl adjacent to an activating group) is 1. The van der Waals surface area contributed by atoms with Gasteiger partial charge in [0.15, 0.2) is 0 Å². The lowest BCUT2D eigenvalue weighted by molar-refractivity contribution is -0.129. The number of hydrogen-bond acceptors (Lipinski definition) is 4. The van der Waals surface area contributed by atoms with Crippen molar-refractivity contribution in [1.82, 2.24) is 9.88 Å². The van der Waals surface area contributed by atoms with Crippen molar-refractivity contribution in [1.29, 1.82) is 0 Å². The summed E-state index contributed by atoms with van der Waals surface area (Å²) in [5.41, 5.74) is 2.20. The van der Waals surface area contributed by atoms with Crippen molar-refractivity contribution in [2.75, 3.05) is 37.7 Å². The van der Waals surface area contributed by atoms with E-state index in [0.717, 1.165) is 37.5 Å². The van der Waals surface area contributed by atoms with E-state index in [4.69, 9.17) is 4.74 Å². The number of nitrogens with zero attached hydrogens (tertiary/aromatic N) is 3. The zero-order valence-electron chi connectivity index (χ0n) is 14.0. The van der Waals surface area contributed by atoms with Crippen LogP contribution in [0.2, 0.25) is 0 Å². The van der Waals surface area contributed by atoms with Crippen molar-refractivity contribution in [3.05, 3.63) is 54.4 Å². The maximum absolute atomic E-state index is 12.7. The van der Waals surface area contributed by atoms with E-state index in [9.17, 15) is 4.79 Å². The Hall–Kier alpha value is -2.56. The Kier molecular flexibility index (Phi) is 5.31. The van der Waals surface area contributed by atoms with Crippen molar-refractivity contribution < 1.29 is 9.53 Å². The van der Waals surface area contributed by atoms with Gasteiger partial charge in [0.1, 0.15) is 12.4 Å². The molecule has 1 aliphatic heterocycles. The molecule has 1 aromatic carbocycles. The summed E-state index contributed by atoms with van der Waals surface area (Å²) in [6, 6.07) is 11.9. The van der Waals surface area contributed by atoms with Crippen LogP contribution in [0.15, 0.2) is 48.8 Å². The summed E-state index contributed by atoms with van der Waals surface area (Å²) in [7, 11) is 0. The highest BCUT2D eigenvalue weighted by Gasteiger charge is 2.22. The normalized spacial score (nSPS) is 13.1. The number of pyridine rings is 1. The molecule has 0 radical (unpaired) electrons. The lowest BCUT2D eigenvalue weighted by Crippen LogP contribution is -2.44. The van der Waals surface area contributed by atoms with Gasteiger partial charge in [0, 0.05) is 25.5 Å². The highest BCUT2D eigenvalue weighted by molar-refractivity contribution is 5.82. The molecule has 0 saturated heterocycles. The van der Waals surface area contributed by atoms with Crippen molar-refractivity contribution in [3.8, 4) is 5.75 Å². The number of carbonyl (C=O) groups excluding carboxylic acids is 1. The highest BCUT2D eigenvalue weighted by atomic mass is 16.5. The first-order valence-corrected chi connectivity index (χ1v) is 8.41. The lowest BCUT2D eigenvalue weighted by atomic mass is 10.2. The largest absolute Gasteiger partial charge is 0.490 e. The molecule has 126 valence electrons. The summed E-state index contributed by atoms with van der Waals surface area (Å²) in [6.45, 7) is 5.22. The van der Waals surface area contributed by atoms with Crippen LogP contribution in [0.25, 0.3) is 0 Å². The van der Waals surface area contributed by atoms with Crippen LogP contribution in [0.3, 0.4) is 0 Å². The van der Waals surface area contributed by atoms with E-state index in [-0.39, 0.29) is 5.91 Å². The molecule has 5 heteroatoms. The molecule has 0 saturated carbocycles. The number of para-hydroxylation sites is 2. The Labute approximate surface area is 142 Å². The number of fused-ring (bicyclic) bond motifs is 1. The Morgan fingerprint density at radius 2 is 2.04 bits per heavy atom. The number of benzene rings is 1. The monoisotopic (exact) mass is 325 g/mol. The minimum absolute atomic E-state index is 0.156. The number of rotatable bonds is 6. The third kappa shape index (κ3) is 3.85. The zero-order chi connectivity index (χ0) is 16.8. The number of ether oxygens (including phenoxy) is 1. The summed E-state index contributed by atoms with van der Waals surface area (Å²) in [5, 5.41) is 0. The molecule has 2 heterocycles. The summed E-state index contributed by atoms with van der Waals surface area (Å²) >= 11 is 0. The second-order valence-electron chi connectivity index (χ2n) is 5.82. The molecule has 0 atom stereocenters. The smallest absolute Gasteiger partial charge is 0.242 e. The summed E-state index contributed by atoms with van der Waals surface area (Å²) in [4.78, 5) is 20.8. The Morgan fingerprint density at radius 1 is 1.25 bits per heavy atom. The van der Waals surface area contributed by atoms with Gasteiger partial charge in [-0.15, -0.1) is 0 Å². The second kappa shape index (κ2) is 7.81. The molecule has 0 N–H and O–H groups in total. The minimum Gasteiger partial charge on any atom is -0.490 e. The molecule has 1 aromatic heterocycles. The molecule has 3 rings (SSSR count). The van der Waals surface area contributed by atoms with Gasteiger partial charge in [0.2, 0.25) is 5.91 Å². The molecule has 5 nitrogen and oxygen atoms in total. The third-order valence-corrected chi connectivity index (χ3v) is 4.31. The molecule has 0 spiro atoms. The fourth-order valence-electron chi connectivity index (χ4n) is 2.93. The van der Waals surface area contributed by atoms with Crippen LogP contribution in [0.5, 0.6) is 5.75 Å². The molecule has 1 aliphatic rings. The molecular weight excluding hydrogens is 302 g/mol. The predicted molar refractivity (Wildman–Crippen MR) is 94.3 cm³/mol. The van der Waals surface area contributed by atoms with E-state index >= 15 is 0 Å². The molecule has 0 bridgehead atoms. The molecular formula is C19H23N3O2. The van der Waals surface area contributed by atoms with Gasteiger partial charge in [0.25, 0.3) is 0 Å². The number of hydrogen-bond donors (Lipinski definition) is 0. The molecule has 24 heavy (non-hydrogen) atoms. The van der Waals surface area contributed by atoms with Crippen LogP contribution < -0.4 is 9.64 Å². The van der Waals surface area contributed by atoms with Gasteiger partial charge < -0.3 is 14.5 Å². The van der Waals surface area contributed by atoms with E-state index in [1.54, 1.807) is 12.4 Å².